The van der Waals surface area contributed by atoms with Crippen LogP contribution in [0.2, 0.25) is 0 Å². The van der Waals surface area contributed by atoms with Gasteiger partial charge in [-0.25, -0.2) is 9.78 Å². The normalized spacial score (nSPS) is 15.0. The fourth-order valence-corrected chi connectivity index (χ4v) is 2.41. The number of likely N-dealkylation sites (tertiary alicyclic amines) is 1. The number of pyridine rings is 1. The van der Waals surface area contributed by atoms with Gasteiger partial charge in [0, 0.05) is 38.9 Å². The van der Waals surface area contributed by atoms with E-state index in [9.17, 15) is 18.0 Å². The van der Waals surface area contributed by atoms with Crippen molar-refractivity contribution in [3.8, 4) is 5.88 Å². The van der Waals surface area contributed by atoms with E-state index in [1.165, 1.54) is 12.3 Å². The quantitative estimate of drug-likeness (QED) is 0.336. The van der Waals surface area contributed by atoms with Gasteiger partial charge in [0.1, 0.15) is 5.60 Å². The molecule has 0 saturated carbocycles. The van der Waals surface area contributed by atoms with Crippen molar-refractivity contribution in [2.24, 2.45) is 4.99 Å². The van der Waals surface area contributed by atoms with Gasteiger partial charge >= 0.3 is 12.3 Å². The average Bonchev–Trinajstić information content (AvgIpc) is 2.56. The summed E-state index contributed by atoms with van der Waals surface area (Å²) >= 11 is 0. The number of nitrogens with zero attached hydrogens (tertiary/aromatic N) is 3. The Balaban J connectivity index is 0.00000450. The minimum atomic E-state index is -4.42. The molecule has 1 saturated heterocycles. The number of guanidine groups is 1. The number of hydrogen-bond acceptors (Lipinski definition) is 5. The number of alkyl halides is 3. The van der Waals surface area contributed by atoms with Crippen LogP contribution in [0, 0.1) is 0 Å². The van der Waals surface area contributed by atoms with Crippen LogP contribution in [0.5, 0.6) is 5.88 Å². The highest BCUT2D eigenvalue weighted by Crippen LogP contribution is 2.18. The molecule has 1 aromatic rings. The Hall–Kier alpha value is -1.99. The molecule has 8 nitrogen and oxygen atoms in total. The first kappa shape index (κ1) is 26.0. The van der Waals surface area contributed by atoms with Crippen molar-refractivity contribution < 1.29 is 27.4 Å². The molecule has 0 atom stereocenters. The molecule has 0 bridgehead atoms. The molecule has 170 valence electrons. The molecule has 2 rings (SSSR count). The number of carbonyl (C=O) groups is 1. The van der Waals surface area contributed by atoms with E-state index in [2.05, 4.69) is 25.3 Å². The smallest absolute Gasteiger partial charge is 0.422 e. The molecule has 0 radical (unpaired) electrons. The number of aliphatic imine (C=N–C) groups is 1. The van der Waals surface area contributed by atoms with Crippen molar-refractivity contribution in [3.05, 3.63) is 23.9 Å². The third-order valence-electron chi connectivity index (χ3n) is 3.74. The third kappa shape index (κ3) is 9.22. The van der Waals surface area contributed by atoms with Crippen LogP contribution in [0.4, 0.5) is 18.0 Å². The number of rotatable bonds is 5. The Morgan fingerprint density at radius 3 is 2.57 bits per heavy atom. The van der Waals surface area contributed by atoms with Crippen LogP contribution in [0.25, 0.3) is 0 Å². The van der Waals surface area contributed by atoms with E-state index < -0.39 is 18.4 Å². The first-order chi connectivity index (χ1) is 13.4. The highest BCUT2D eigenvalue weighted by molar-refractivity contribution is 14.0. The van der Waals surface area contributed by atoms with Crippen molar-refractivity contribution in [2.45, 2.75) is 45.1 Å². The number of carbonyl (C=O) groups excluding carboxylic acids is 1. The molecule has 2 heterocycles. The molecule has 1 amide bonds. The van der Waals surface area contributed by atoms with Gasteiger partial charge in [0.05, 0.1) is 6.04 Å². The van der Waals surface area contributed by atoms with E-state index in [0.29, 0.717) is 31.2 Å². The summed E-state index contributed by atoms with van der Waals surface area (Å²) in [6.07, 6.45) is -3.40. The summed E-state index contributed by atoms with van der Waals surface area (Å²) in [5.74, 6) is 0.407. The highest BCUT2D eigenvalue weighted by Gasteiger charge is 2.34. The van der Waals surface area contributed by atoms with Gasteiger partial charge in [0.25, 0.3) is 0 Å². The number of ether oxygens (including phenoxy) is 2. The van der Waals surface area contributed by atoms with Gasteiger partial charge in [-0.1, -0.05) is 0 Å². The first-order valence-corrected chi connectivity index (χ1v) is 9.05. The van der Waals surface area contributed by atoms with E-state index in [1.54, 1.807) is 18.0 Å². The molecule has 1 aliphatic rings. The summed E-state index contributed by atoms with van der Waals surface area (Å²) in [6.45, 7) is 5.32. The van der Waals surface area contributed by atoms with Gasteiger partial charge in [-0.15, -0.1) is 24.0 Å². The Bertz CT molecular complexity index is 735. The Morgan fingerprint density at radius 1 is 1.33 bits per heavy atom. The second-order valence-corrected chi connectivity index (χ2v) is 7.56. The fourth-order valence-electron chi connectivity index (χ4n) is 2.41. The summed E-state index contributed by atoms with van der Waals surface area (Å²) in [4.78, 5) is 21.4. The van der Waals surface area contributed by atoms with Gasteiger partial charge in [-0.05, 0) is 32.4 Å². The van der Waals surface area contributed by atoms with Crippen LogP contribution in [-0.4, -0.2) is 66.5 Å². The highest BCUT2D eigenvalue weighted by atomic mass is 127. The zero-order chi connectivity index (χ0) is 21.7. The molecule has 0 aromatic carbocycles. The van der Waals surface area contributed by atoms with Crippen molar-refractivity contribution in [1.29, 1.82) is 0 Å². The molecule has 30 heavy (non-hydrogen) atoms. The second kappa shape index (κ2) is 10.9. The lowest BCUT2D eigenvalue weighted by molar-refractivity contribution is -0.154. The number of hydrogen-bond donors (Lipinski definition) is 2. The summed E-state index contributed by atoms with van der Waals surface area (Å²) in [6, 6.07) is 3.12. The van der Waals surface area contributed by atoms with Crippen LogP contribution in [0.3, 0.4) is 0 Å². The second-order valence-electron chi connectivity index (χ2n) is 7.56. The predicted octanol–water partition coefficient (Wildman–Crippen LogP) is 2.93. The van der Waals surface area contributed by atoms with Gasteiger partial charge in [-0.2, -0.15) is 13.2 Å². The van der Waals surface area contributed by atoms with E-state index in [4.69, 9.17) is 4.74 Å². The maximum absolute atomic E-state index is 12.2. The van der Waals surface area contributed by atoms with Gasteiger partial charge in [0.15, 0.2) is 12.6 Å². The SMILES string of the molecule is CN=C(NCc1ccnc(OCC(F)(F)F)c1)NC1CN(C(=O)OC(C)(C)C)C1.I. The largest absolute Gasteiger partial charge is 0.468 e. The Morgan fingerprint density at radius 2 is 2.00 bits per heavy atom. The molecule has 12 heteroatoms. The fraction of sp³-hybridized carbons (Fsp3) is 0.611. The number of amides is 1. The molecule has 1 aromatic heterocycles. The van der Waals surface area contributed by atoms with Crippen LogP contribution >= 0.6 is 24.0 Å². The third-order valence-corrected chi connectivity index (χ3v) is 3.74. The van der Waals surface area contributed by atoms with Gasteiger partial charge in [0.2, 0.25) is 5.88 Å². The maximum Gasteiger partial charge on any atom is 0.422 e. The van der Waals surface area contributed by atoms with Gasteiger partial charge in [-0.3, -0.25) is 4.99 Å². The van der Waals surface area contributed by atoms with Crippen LogP contribution in [0.1, 0.15) is 26.3 Å². The zero-order valence-electron chi connectivity index (χ0n) is 17.2. The summed E-state index contributed by atoms with van der Waals surface area (Å²) in [7, 11) is 1.60. The number of nitrogens with one attached hydrogen (secondary N) is 2. The monoisotopic (exact) mass is 545 g/mol. The van der Waals surface area contributed by atoms with E-state index in [0.717, 1.165) is 0 Å². The lowest BCUT2D eigenvalue weighted by Gasteiger charge is -2.40. The topological polar surface area (TPSA) is 88.1 Å². The predicted molar refractivity (Wildman–Crippen MR) is 116 cm³/mol. The van der Waals surface area contributed by atoms with Crippen molar-refractivity contribution in [1.82, 2.24) is 20.5 Å². The minimum Gasteiger partial charge on any atom is -0.468 e. The molecule has 0 spiro atoms. The zero-order valence-corrected chi connectivity index (χ0v) is 19.6. The molecular formula is C18H27F3IN5O3. The van der Waals surface area contributed by atoms with Crippen molar-refractivity contribution >= 4 is 36.0 Å². The Kier molecular flexibility index (Phi) is 9.43. The van der Waals surface area contributed by atoms with Crippen LogP contribution < -0.4 is 15.4 Å². The van der Waals surface area contributed by atoms with E-state index in [1.807, 2.05) is 20.8 Å². The lowest BCUT2D eigenvalue weighted by atomic mass is 10.1. The number of aromatic nitrogens is 1. The minimum absolute atomic E-state index is 0. The van der Waals surface area contributed by atoms with Crippen molar-refractivity contribution in [2.75, 3.05) is 26.7 Å². The van der Waals surface area contributed by atoms with E-state index >= 15 is 0 Å². The number of halogens is 4. The van der Waals surface area contributed by atoms with Crippen LogP contribution in [0.15, 0.2) is 23.3 Å². The summed E-state index contributed by atoms with van der Waals surface area (Å²) in [5.41, 5.74) is 0.143. The maximum atomic E-state index is 12.2. The Labute approximate surface area is 190 Å². The van der Waals surface area contributed by atoms with Gasteiger partial charge < -0.3 is 25.0 Å². The molecule has 1 fully saturated rings. The molecule has 1 aliphatic heterocycles. The van der Waals surface area contributed by atoms with Crippen molar-refractivity contribution in [3.63, 3.8) is 0 Å². The summed E-state index contributed by atoms with van der Waals surface area (Å²) in [5, 5.41) is 6.24. The van der Waals surface area contributed by atoms with E-state index in [-0.39, 0.29) is 42.0 Å². The first-order valence-electron chi connectivity index (χ1n) is 9.05. The lowest BCUT2D eigenvalue weighted by Crippen LogP contribution is -2.63. The average molecular weight is 545 g/mol. The molecular weight excluding hydrogens is 518 g/mol. The van der Waals surface area contributed by atoms with Crippen LogP contribution in [-0.2, 0) is 11.3 Å². The molecule has 2 N–H and O–H groups in total. The summed E-state index contributed by atoms with van der Waals surface area (Å²) < 4.78 is 46.7. The standard InChI is InChI=1S/C18H26F3N5O3.HI/c1-17(2,3)29-16(27)26-9-13(10-26)25-15(22-4)24-8-12-5-6-23-14(7-12)28-11-18(19,20)21;/h5-7,13H,8-11H2,1-4H3,(H2,22,24,25);1H. The molecule has 0 aliphatic carbocycles. The molecule has 0 unspecified atom stereocenters.